The van der Waals surface area contributed by atoms with Gasteiger partial charge in [-0.3, -0.25) is 4.79 Å². The van der Waals surface area contributed by atoms with E-state index in [0.717, 1.165) is 41.6 Å². The summed E-state index contributed by atoms with van der Waals surface area (Å²) in [7, 11) is 3.79. The SMILES string of the molecule is Cc1ccc(OC(C(=O)O)c2cccc(N(C)C)c2)cc1CNc1ccc(C(=O)NC2CCCc3ccccc32)cc1N=N. The zero-order valence-corrected chi connectivity index (χ0v) is 25.1. The summed E-state index contributed by atoms with van der Waals surface area (Å²) in [5.74, 6) is -0.857. The second kappa shape index (κ2) is 13.4. The standard InChI is InChI=1S/C35H37N5O4/c1-22-14-16-28(44-33(35(42)43)24-10-6-11-27(18-24)40(2)3)19-26(22)21-37-31-17-15-25(20-32(31)39-36)34(41)38-30-13-7-9-23-8-4-5-12-29(23)30/h4-6,8,10-12,14-20,30,33,36-37H,7,9,13,21H2,1-3H3,(H,38,41)(H,42,43). The third-order valence-electron chi connectivity index (χ3n) is 8.01. The summed E-state index contributed by atoms with van der Waals surface area (Å²) in [6.45, 7) is 2.34. The highest BCUT2D eigenvalue weighted by Gasteiger charge is 2.24. The lowest BCUT2D eigenvalue weighted by Crippen LogP contribution is -2.30. The summed E-state index contributed by atoms with van der Waals surface area (Å²) in [5, 5.41) is 20.1. The van der Waals surface area contributed by atoms with Crippen molar-refractivity contribution < 1.29 is 19.4 Å². The smallest absolute Gasteiger partial charge is 0.349 e. The summed E-state index contributed by atoms with van der Waals surface area (Å²) in [5.41, 5.74) is 14.9. The number of fused-ring (bicyclic) bond motifs is 1. The summed E-state index contributed by atoms with van der Waals surface area (Å²) >= 11 is 0. The predicted octanol–water partition coefficient (Wildman–Crippen LogP) is 7.35. The fourth-order valence-corrected chi connectivity index (χ4v) is 5.53. The molecule has 4 aromatic carbocycles. The van der Waals surface area contributed by atoms with E-state index >= 15 is 0 Å². The molecule has 0 radical (unpaired) electrons. The monoisotopic (exact) mass is 591 g/mol. The average molecular weight is 592 g/mol. The third kappa shape index (κ3) is 6.89. The van der Waals surface area contributed by atoms with Crippen LogP contribution in [0, 0.1) is 12.5 Å². The molecule has 226 valence electrons. The van der Waals surface area contributed by atoms with Crippen molar-refractivity contribution >= 4 is 28.9 Å². The van der Waals surface area contributed by atoms with Crippen LogP contribution in [0.1, 0.15) is 63.2 Å². The predicted molar refractivity (Wildman–Crippen MR) is 171 cm³/mol. The van der Waals surface area contributed by atoms with Gasteiger partial charge in [0.15, 0.2) is 0 Å². The van der Waals surface area contributed by atoms with E-state index in [-0.39, 0.29) is 11.9 Å². The van der Waals surface area contributed by atoms with Gasteiger partial charge in [-0.2, -0.15) is 5.11 Å². The molecule has 9 heteroatoms. The molecule has 0 bridgehead atoms. The van der Waals surface area contributed by atoms with Crippen molar-refractivity contribution in [2.24, 2.45) is 5.11 Å². The lowest BCUT2D eigenvalue weighted by molar-refractivity contribution is -0.145. The van der Waals surface area contributed by atoms with Gasteiger partial charge in [0.1, 0.15) is 11.4 Å². The highest BCUT2D eigenvalue weighted by atomic mass is 16.5. The number of carboxylic acids is 1. The first-order chi connectivity index (χ1) is 21.2. The van der Waals surface area contributed by atoms with E-state index in [4.69, 9.17) is 10.3 Å². The van der Waals surface area contributed by atoms with Crippen molar-refractivity contribution in [3.05, 3.63) is 118 Å². The van der Waals surface area contributed by atoms with Gasteiger partial charge in [-0.1, -0.05) is 42.5 Å². The Hall–Kier alpha value is -5.18. The fraction of sp³-hybridized carbons (Fsp3) is 0.257. The van der Waals surface area contributed by atoms with E-state index < -0.39 is 12.1 Å². The molecule has 9 nitrogen and oxygen atoms in total. The largest absolute Gasteiger partial charge is 0.478 e. The van der Waals surface area contributed by atoms with Gasteiger partial charge in [0.25, 0.3) is 5.91 Å². The first-order valence-electron chi connectivity index (χ1n) is 14.6. The van der Waals surface area contributed by atoms with Crippen LogP contribution in [-0.4, -0.2) is 31.1 Å². The Morgan fingerprint density at radius 3 is 2.64 bits per heavy atom. The number of aliphatic carboxylic acids is 1. The summed E-state index contributed by atoms with van der Waals surface area (Å²) in [4.78, 5) is 27.2. The van der Waals surface area contributed by atoms with Crippen LogP contribution in [0.5, 0.6) is 5.75 Å². The van der Waals surface area contributed by atoms with Gasteiger partial charge in [-0.15, -0.1) is 0 Å². The minimum atomic E-state index is -1.17. The minimum absolute atomic E-state index is 0.0447. The molecule has 0 heterocycles. The number of carbonyl (C=O) groups is 2. The number of anilines is 2. The molecule has 0 aromatic heterocycles. The van der Waals surface area contributed by atoms with E-state index in [1.54, 1.807) is 36.4 Å². The second-order valence-corrected chi connectivity index (χ2v) is 11.2. The molecular formula is C35H37N5O4. The number of hydrogen-bond donors (Lipinski definition) is 4. The zero-order chi connectivity index (χ0) is 31.2. The quantitative estimate of drug-likeness (QED) is 0.135. The minimum Gasteiger partial charge on any atom is -0.478 e. The van der Waals surface area contributed by atoms with Gasteiger partial charge in [-0.05, 0) is 90.9 Å². The number of ether oxygens (including phenoxy) is 1. The molecule has 1 amide bonds. The number of carboxylic acid groups (broad SMARTS) is 1. The van der Waals surface area contributed by atoms with Gasteiger partial charge in [0.05, 0.1) is 11.7 Å². The lowest BCUT2D eigenvalue weighted by Gasteiger charge is -2.26. The number of carbonyl (C=O) groups excluding carboxylic acids is 1. The van der Waals surface area contributed by atoms with Gasteiger partial charge < -0.3 is 25.4 Å². The van der Waals surface area contributed by atoms with E-state index in [0.29, 0.717) is 34.8 Å². The van der Waals surface area contributed by atoms with Crippen LogP contribution in [0.15, 0.2) is 90.0 Å². The van der Waals surface area contributed by atoms with Crippen LogP contribution in [-0.2, 0) is 17.8 Å². The topological polar surface area (TPSA) is 127 Å². The number of nitrogens with one attached hydrogen (secondary N) is 3. The molecule has 44 heavy (non-hydrogen) atoms. The van der Waals surface area contributed by atoms with Crippen LogP contribution >= 0.6 is 0 Å². The third-order valence-corrected chi connectivity index (χ3v) is 8.01. The Bertz CT molecular complexity index is 1690. The summed E-state index contributed by atoms with van der Waals surface area (Å²) < 4.78 is 5.98. The Kier molecular flexibility index (Phi) is 9.23. The zero-order valence-electron chi connectivity index (χ0n) is 25.1. The first-order valence-corrected chi connectivity index (χ1v) is 14.6. The van der Waals surface area contributed by atoms with Crippen molar-refractivity contribution in [2.45, 2.75) is 44.9 Å². The number of benzene rings is 4. The summed E-state index contributed by atoms with van der Waals surface area (Å²) in [6, 6.07) is 26.0. The molecule has 0 saturated carbocycles. The Morgan fingerprint density at radius 1 is 1.05 bits per heavy atom. The van der Waals surface area contributed by atoms with Crippen molar-refractivity contribution in [1.82, 2.24) is 5.32 Å². The molecule has 1 aliphatic rings. The number of aryl methyl sites for hydroxylation is 2. The Labute approximate surface area is 257 Å². The molecule has 0 aliphatic heterocycles. The van der Waals surface area contributed by atoms with Gasteiger partial charge in [0.2, 0.25) is 6.10 Å². The van der Waals surface area contributed by atoms with E-state index in [1.807, 2.05) is 62.3 Å². The van der Waals surface area contributed by atoms with Crippen LogP contribution in [0.3, 0.4) is 0 Å². The maximum absolute atomic E-state index is 13.2. The van der Waals surface area contributed by atoms with Crippen LogP contribution < -0.4 is 20.3 Å². The maximum Gasteiger partial charge on any atom is 0.349 e. The molecule has 0 fully saturated rings. The highest BCUT2D eigenvalue weighted by molar-refractivity contribution is 5.96. The number of rotatable bonds is 11. The second-order valence-electron chi connectivity index (χ2n) is 11.2. The molecule has 4 aromatic rings. The van der Waals surface area contributed by atoms with Crippen LogP contribution in [0.4, 0.5) is 17.1 Å². The fourth-order valence-electron chi connectivity index (χ4n) is 5.53. The Morgan fingerprint density at radius 2 is 1.86 bits per heavy atom. The summed E-state index contributed by atoms with van der Waals surface area (Å²) in [6.07, 6.45) is 1.75. The van der Waals surface area contributed by atoms with E-state index in [2.05, 4.69) is 27.9 Å². The molecular weight excluding hydrogens is 554 g/mol. The number of amides is 1. The number of nitrogens with zero attached hydrogens (tertiary/aromatic N) is 2. The molecule has 0 spiro atoms. The number of hydrogen-bond acceptors (Lipinski definition) is 7. The van der Waals surface area contributed by atoms with Gasteiger partial charge in [-0.25, -0.2) is 10.3 Å². The van der Waals surface area contributed by atoms with Gasteiger partial charge in [0, 0.05) is 37.5 Å². The lowest BCUT2D eigenvalue weighted by atomic mass is 9.87. The molecule has 2 atom stereocenters. The van der Waals surface area contributed by atoms with E-state index in [9.17, 15) is 14.7 Å². The average Bonchev–Trinajstić information content (AvgIpc) is 3.03. The molecule has 0 saturated heterocycles. The highest BCUT2D eigenvalue weighted by Crippen LogP contribution is 2.32. The van der Waals surface area contributed by atoms with Crippen molar-refractivity contribution in [3.63, 3.8) is 0 Å². The van der Waals surface area contributed by atoms with E-state index in [1.165, 1.54) is 5.56 Å². The van der Waals surface area contributed by atoms with Crippen LogP contribution in [0.2, 0.25) is 0 Å². The normalized spacial score (nSPS) is 14.6. The molecule has 5 rings (SSSR count). The van der Waals surface area contributed by atoms with Crippen molar-refractivity contribution in [3.8, 4) is 5.75 Å². The molecule has 4 N–H and O–H groups in total. The van der Waals surface area contributed by atoms with Crippen molar-refractivity contribution in [1.29, 1.82) is 5.53 Å². The van der Waals surface area contributed by atoms with Gasteiger partial charge >= 0.3 is 5.97 Å². The van der Waals surface area contributed by atoms with Crippen molar-refractivity contribution in [2.75, 3.05) is 24.3 Å². The maximum atomic E-state index is 13.2. The molecule has 2 unspecified atom stereocenters. The first kappa shape index (κ1) is 30.3. The molecule has 1 aliphatic carbocycles. The van der Waals surface area contributed by atoms with Crippen LogP contribution in [0.25, 0.3) is 0 Å². The Balaban J connectivity index is 1.28.